The van der Waals surface area contributed by atoms with Crippen LogP contribution >= 0.6 is 0 Å². The van der Waals surface area contributed by atoms with Crippen LogP contribution in [0.2, 0.25) is 0 Å². The van der Waals surface area contributed by atoms with Crippen molar-refractivity contribution in [1.29, 1.82) is 0 Å². The average molecular weight is 226 g/mol. The molecule has 1 aliphatic heterocycles. The van der Waals surface area contributed by atoms with Crippen molar-refractivity contribution in [3.63, 3.8) is 0 Å². The molecule has 1 unspecified atom stereocenters. The number of para-hydroxylation sites is 1. The fraction of sp³-hybridized carbons (Fsp3) is 0.286. The van der Waals surface area contributed by atoms with Gasteiger partial charge in [-0.3, -0.25) is 9.78 Å². The highest BCUT2D eigenvalue weighted by Crippen LogP contribution is 2.20. The summed E-state index contributed by atoms with van der Waals surface area (Å²) in [6.07, 6.45) is 4.34. The highest BCUT2D eigenvalue weighted by molar-refractivity contribution is 5.82. The zero-order chi connectivity index (χ0) is 11.7. The molecule has 3 nitrogen and oxygen atoms in total. The number of carbonyl (C=O) groups excluding carboxylic acids is 1. The van der Waals surface area contributed by atoms with Crippen molar-refractivity contribution >= 4 is 16.8 Å². The second-order valence-electron chi connectivity index (χ2n) is 4.49. The summed E-state index contributed by atoms with van der Waals surface area (Å²) in [6.45, 7) is 0. The van der Waals surface area contributed by atoms with E-state index in [2.05, 4.69) is 16.4 Å². The molecule has 0 spiro atoms. The van der Waals surface area contributed by atoms with Crippen LogP contribution in [-0.4, -0.2) is 16.9 Å². The van der Waals surface area contributed by atoms with Crippen molar-refractivity contribution in [2.45, 2.75) is 25.3 Å². The molecule has 1 aliphatic rings. The van der Waals surface area contributed by atoms with Gasteiger partial charge in [-0.15, -0.1) is 0 Å². The monoisotopic (exact) mass is 226 g/mol. The van der Waals surface area contributed by atoms with Gasteiger partial charge in [-0.1, -0.05) is 18.2 Å². The first-order valence-electron chi connectivity index (χ1n) is 5.95. The van der Waals surface area contributed by atoms with Crippen LogP contribution in [0.3, 0.4) is 0 Å². The number of benzene rings is 1. The van der Waals surface area contributed by atoms with Crippen molar-refractivity contribution in [3.8, 4) is 0 Å². The lowest BCUT2D eigenvalue weighted by atomic mass is 10.0. The van der Waals surface area contributed by atoms with E-state index in [1.165, 1.54) is 10.9 Å². The fourth-order valence-electron chi connectivity index (χ4n) is 2.43. The first-order valence-corrected chi connectivity index (χ1v) is 5.95. The molecule has 1 fully saturated rings. The Morgan fingerprint density at radius 1 is 1.29 bits per heavy atom. The minimum Gasteiger partial charge on any atom is -0.353 e. The van der Waals surface area contributed by atoms with Gasteiger partial charge in [0.05, 0.1) is 5.52 Å². The molecule has 1 aromatic carbocycles. The second kappa shape index (κ2) is 4.17. The topological polar surface area (TPSA) is 42.0 Å². The van der Waals surface area contributed by atoms with Gasteiger partial charge < -0.3 is 5.32 Å². The summed E-state index contributed by atoms with van der Waals surface area (Å²) in [5, 5.41) is 4.20. The Kier molecular flexibility index (Phi) is 2.52. The molecule has 0 saturated carbocycles. The molecule has 1 amide bonds. The number of nitrogens with one attached hydrogen (secondary N) is 1. The third-order valence-electron chi connectivity index (χ3n) is 3.29. The molecule has 86 valence electrons. The first kappa shape index (κ1) is 10.3. The van der Waals surface area contributed by atoms with Gasteiger partial charge >= 0.3 is 0 Å². The van der Waals surface area contributed by atoms with E-state index in [9.17, 15) is 4.79 Å². The zero-order valence-corrected chi connectivity index (χ0v) is 9.52. The second-order valence-corrected chi connectivity index (χ2v) is 4.49. The minimum atomic E-state index is 0.174. The lowest BCUT2D eigenvalue weighted by Gasteiger charge is -2.11. The molecule has 1 aromatic heterocycles. The summed E-state index contributed by atoms with van der Waals surface area (Å²) in [7, 11) is 0. The third-order valence-corrected chi connectivity index (χ3v) is 3.29. The van der Waals surface area contributed by atoms with E-state index >= 15 is 0 Å². The SMILES string of the molecule is O=C1CCC(Cc2ccnc3ccccc23)N1. The van der Waals surface area contributed by atoms with Gasteiger partial charge in [0, 0.05) is 24.0 Å². The van der Waals surface area contributed by atoms with Crippen LogP contribution in [0.25, 0.3) is 10.9 Å². The van der Waals surface area contributed by atoms with Crippen molar-refractivity contribution in [2.24, 2.45) is 0 Å². The Morgan fingerprint density at radius 2 is 2.18 bits per heavy atom. The molecule has 2 aromatic rings. The lowest BCUT2D eigenvalue weighted by Crippen LogP contribution is -2.27. The maximum Gasteiger partial charge on any atom is 0.220 e. The number of aromatic nitrogens is 1. The van der Waals surface area contributed by atoms with Crippen LogP contribution in [0, 0.1) is 0 Å². The Morgan fingerprint density at radius 3 is 3.00 bits per heavy atom. The van der Waals surface area contributed by atoms with Crippen LogP contribution in [0.1, 0.15) is 18.4 Å². The Bertz CT molecular complexity index is 560. The number of fused-ring (bicyclic) bond motifs is 1. The predicted octanol–water partition coefficient (Wildman–Crippen LogP) is 2.06. The van der Waals surface area contributed by atoms with E-state index in [4.69, 9.17) is 0 Å². The van der Waals surface area contributed by atoms with E-state index in [0.717, 1.165) is 18.4 Å². The molecule has 0 aliphatic carbocycles. The van der Waals surface area contributed by atoms with E-state index in [-0.39, 0.29) is 11.9 Å². The maximum atomic E-state index is 11.2. The number of nitrogens with zero attached hydrogens (tertiary/aromatic N) is 1. The van der Waals surface area contributed by atoms with E-state index in [1.807, 2.05) is 30.5 Å². The van der Waals surface area contributed by atoms with Crippen molar-refractivity contribution in [2.75, 3.05) is 0 Å². The fourth-order valence-corrected chi connectivity index (χ4v) is 2.43. The maximum absolute atomic E-state index is 11.2. The van der Waals surface area contributed by atoms with Crippen LogP contribution in [0.5, 0.6) is 0 Å². The third kappa shape index (κ3) is 2.00. The van der Waals surface area contributed by atoms with E-state index < -0.39 is 0 Å². The summed E-state index contributed by atoms with van der Waals surface area (Å²) in [5.74, 6) is 0.174. The molecule has 1 saturated heterocycles. The van der Waals surface area contributed by atoms with Gasteiger partial charge in [-0.25, -0.2) is 0 Å². The summed E-state index contributed by atoms with van der Waals surface area (Å²) >= 11 is 0. The largest absolute Gasteiger partial charge is 0.353 e. The number of carbonyl (C=O) groups is 1. The number of hydrogen-bond donors (Lipinski definition) is 1. The Labute approximate surface area is 99.9 Å². The summed E-state index contributed by atoms with van der Waals surface area (Å²) in [6, 6.07) is 10.5. The van der Waals surface area contributed by atoms with Crippen LogP contribution in [0.4, 0.5) is 0 Å². The lowest BCUT2D eigenvalue weighted by molar-refractivity contribution is -0.119. The quantitative estimate of drug-likeness (QED) is 0.851. The number of pyridine rings is 1. The Hall–Kier alpha value is -1.90. The van der Waals surface area contributed by atoms with Crippen LogP contribution < -0.4 is 5.32 Å². The van der Waals surface area contributed by atoms with Gasteiger partial charge in [0.25, 0.3) is 0 Å². The smallest absolute Gasteiger partial charge is 0.220 e. The zero-order valence-electron chi connectivity index (χ0n) is 9.52. The van der Waals surface area contributed by atoms with Gasteiger partial charge in [0.2, 0.25) is 5.91 Å². The van der Waals surface area contributed by atoms with Gasteiger partial charge in [0.15, 0.2) is 0 Å². The van der Waals surface area contributed by atoms with Gasteiger partial charge in [-0.05, 0) is 30.5 Å². The minimum absolute atomic E-state index is 0.174. The molecule has 0 radical (unpaired) electrons. The molecule has 0 bridgehead atoms. The van der Waals surface area contributed by atoms with E-state index in [1.54, 1.807) is 0 Å². The standard InChI is InChI=1S/C14H14N2O/c17-14-6-5-11(16-14)9-10-7-8-15-13-4-2-1-3-12(10)13/h1-4,7-8,11H,5-6,9H2,(H,16,17). The molecule has 2 heterocycles. The molecular weight excluding hydrogens is 212 g/mol. The summed E-state index contributed by atoms with van der Waals surface area (Å²) in [5.41, 5.74) is 2.29. The molecular formula is C14H14N2O. The first-order chi connectivity index (χ1) is 8.33. The normalized spacial score (nSPS) is 19.5. The molecule has 3 rings (SSSR count). The number of rotatable bonds is 2. The highest BCUT2D eigenvalue weighted by atomic mass is 16.1. The van der Waals surface area contributed by atoms with E-state index in [0.29, 0.717) is 6.42 Å². The highest BCUT2D eigenvalue weighted by Gasteiger charge is 2.21. The average Bonchev–Trinajstić information content (AvgIpc) is 2.75. The number of amides is 1. The molecule has 3 heteroatoms. The van der Waals surface area contributed by atoms with Crippen molar-refractivity contribution in [1.82, 2.24) is 10.3 Å². The van der Waals surface area contributed by atoms with Crippen molar-refractivity contribution < 1.29 is 4.79 Å². The number of hydrogen-bond acceptors (Lipinski definition) is 2. The molecule has 1 N–H and O–H groups in total. The van der Waals surface area contributed by atoms with Crippen LogP contribution in [0.15, 0.2) is 36.5 Å². The van der Waals surface area contributed by atoms with Gasteiger partial charge in [-0.2, -0.15) is 0 Å². The molecule has 17 heavy (non-hydrogen) atoms. The Balaban J connectivity index is 1.92. The van der Waals surface area contributed by atoms with Crippen molar-refractivity contribution in [3.05, 3.63) is 42.1 Å². The van der Waals surface area contributed by atoms with Crippen LogP contribution in [-0.2, 0) is 11.2 Å². The predicted molar refractivity (Wildman–Crippen MR) is 66.6 cm³/mol. The summed E-state index contributed by atoms with van der Waals surface area (Å²) < 4.78 is 0. The van der Waals surface area contributed by atoms with Gasteiger partial charge in [0.1, 0.15) is 0 Å². The summed E-state index contributed by atoms with van der Waals surface area (Å²) in [4.78, 5) is 15.5. The molecule has 1 atom stereocenters.